The third-order valence-electron chi connectivity index (χ3n) is 8.50. The predicted octanol–water partition coefficient (Wildman–Crippen LogP) is 11.3. The zero-order valence-corrected chi connectivity index (χ0v) is 25.1. The van der Waals surface area contributed by atoms with Crippen molar-refractivity contribution in [1.29, 1.82) is 0 Å². The first kappa shape index (κ1) is 26.9. The van der Waals surface area contributed by atoms with Crippen LogP contribution < -0.4 is 0 Å². The minimum Gasteiger partial charge on any atom is -0.257 e. The van der Waals surface area contributed by atoms with Gasteiger partial charge in [-0.25, -0.2) is 0 Å². The van der Waals surface area contributed by atoms with Crippen LogP contribution in [0.25, 0.3) is 0 Å². The van der Waals surface area contributed by atoms with Gasteiger partial charge in [-0.1, -0.05) is 135 Å². The van der Waals surface area contributed by atoms with Crippen LogP contribution in [0.15, 0.2) is 121 Å². The molecule has 0 N–H and O–H groups in total. The van der Waals surface area contributed by atoms with E-state index >= 15 is 0 Å². The molecule has 0 aliphatic carbocycles. The molecular weight excluding hydrogens is 508 g/mol. The fourth-order valence-corrected chi connectivity index (χ4v) is 16.1. The second-order valence-electron chi connectivity index (χ2n) is 11.6. The fourth-order valence-electron chi connectivity index (χ4n) is 6.85. The molecule has 0 amide bonds. The molecule has 6 rings (SSSR count). The van der Waals surface area contributed by atoms with Crippen molar-refractivity contribution < 1.29 is 0 Å². The van der Waals surface area contributed by atoms with Crippen molar-refractivity contribution in [2.24, 2.45) is 5.92 Å². The average Bonchev–Trinajstić information content (AvgIpc) is 3.63. The second-order valence-corrected chi connectivity index (χ2v) is 16.9. The van der Waals surface area contributed by atoms with Gasteiger partial charge in [-0.2, -0.15) is 0 Å². The molecule has 2 saturated heterocycles. The van der Waals surface area contributed by atoms with E-state index in [-0.39, 0.29) is 0 Å². The summed E-state index contributed by atoms with van der Waals surface area (Å²) >= 11 is 0. The highest BCUT2D eigenvalue weighted by Gasteiger charge is 2.49. The Hall–Kier alpha value is -2.30. The summed E-state index contributed by atoms with van der Waals surface area (Å²) in [6.07, 6.45) is 5.16. The Labute approximate surface area is 238 Å². The maximum Gasteiger partial charge on any atom is 0.0183 e. The van der Waals surface area contributed by atoms with Gasteiger partial charge < -0.3 is 0 Å². The molecular formula is C36H41NP2. The van der Waals surface area contributed by atoms with Crippen molar-refractivity contribution in [2.45, 2.75) is 62.2 Å². The van der Waals surface area contributed by atoms with Gasteiger partial charge in [0.15, 0.2) is 0 Å². The lowest BCUT2D eigenvalue weighted by Gasteiger charge is -2.46. The normalized spacial score (nSPS) is 25.5. The Morgan fingerprint density at radius 1 is 0.487 bits per heavy atom. The molecule has 0 bridgehead atoms. The summed E-state index contributed by atoms with van der Waals surface area (Å²) in [6, 6.07) is 46.0. The molecule has 0 saturated carbocycles. The van der Waals surface area contributed by atoms with Gasteiger partial charge in [0.2, 0.25) is 0 Å². The molecule has 0 aromatic heterocycles. The molecule has 2 heterocycles. The molecule has 1 nitrogen and oxygen atoms in total. The number of nitrogens with zero attached hydrogens (tertiary/aromatic N) is 1. The minimum absolute atomic E-state index is 0.403. The predicted molar refractivity (Wildman–Crippen MR) is 171 cm³/mol. The van der Waals surface area contributed by atoms with E-state index in [9.17, 15) is 0 Å². The zero-order valence-electron chi connectivity index (χ0n) is 23.3. The molecule has 2 fully saturated rings. The highest BCUT2D eigenvalue weighted by Crippen LogP contribution is 2.83. The number of rotatable bonds is 8. The molecule has 2 aliphatic rings. The van der Waals surface area contributed by atoms with Crippen molar-refractivity contribution >= 4 is 16.1 Å². The number of hydrogen-bond acceptors (Lipinski definition) is 1. The van der Waals surface area contributed by atoms with Gasteiger partial charge in [0, 0.05) is 29.2 Å². The molecule has 4 aromatic carbocycles. The maximum absolute atomic E-state index is 3.17. The molecule has 0 radical (unpaired) electrons. The van der Waals surface area contributed by atoms with Gasteiger partial charge in [0.1, 0.15) is 0 Å². The van der Waals surface area contributed by atoms with E-state index < -0.39 is 16.1 Å². The molecule has 2 unspecified atom stereocenters. The lowest BCUT2D eigenvalue weighted by molar-refractivity contribution is 0.527. The third kappa shape index (κ3) is 5.79. The van der Waals surface area contributed by atoms with Crippen LogP contribution in [0, 0.1) is 5.92 Å². The van der Waals surface area contributed by atoms with E-state index in [2.05, 4.69) is 140 Å². The van der Waals surface area contributed by atoms with E-state index in [0.717, 1.165) is 0 Å². The highest BCUT2D eigenvalue weighted by atomic mass is 31.2. The monoisotopic (exact) mass is 549 g/mol. The first-order chi connectivity index (χ1) is 19.2. The van der Waals surface area contributed by atoms with Gasteiger partial charge in [-0.3, -0.25) is 4.44 Å². The molecule has 39 heavy (non-hydrogen) atoms. The molecule has 0 spiro atoms. The highest BCUT2D eigenvalue weighted by molar-refractivity contribution is 7.71. The number of benzene rings is 4. The summed E-state index contributed by atoms with van der Waals surface area (Å²) in [4.78, 5) is 0. The quantitative estimate of drug-likeness (QED) is 0.198. The van der Waals surface area contributed by atoms with Crippen molar-refractivity contribution in [3.8, 4) is 0 Å². The standard InChI is InChI=1S/C36H41NP2/c1-28(2)27-37(38-33(29-15-7-3-8-16-29)23-24-34(38)30-17-9-4-10-18-30)39-35(31-19-11-5-12-20-31)25-26-36(39)32-21-13-6-14-22-32/h3-22,28,33-36H,23-27H2,1-2H3/t33-,34-,35-,36?,39?/m0/s1. The summed E-state index contributed by atoms with van der Waals surface area (Å²) in [5.41, 5.74) is 8.72. The first-order valence-electron chi connectivity index (χ1n) is 14.7. The van der Waals surface area contributed by atoms with Crippen LogP contribution in [0.4, 0.5) is 0 Å². The van der Waals surface area contributed by atoms with Gasteiger partial charge in [-0.15, -0.1) is 0 Å². The molecule has 2 aliphatic heterocycles. The Bertz CT molecular complexity index is 1100. The van der Waals surface area contributed by atoms with Gasteiger partial charge in [-0.05, 0) is 70.0 Å². The summed E-state index contributed by atoms with van der Waals surface area (Å²) in [5, 5.41) is 0. The van der Waals surface area contributed by atoms with Crippen LogP contribution in [0.2, 0.25) is 0 Å². The van der Waals surface area contributed by atoms with Gasteiger partial charge in [0.05, 0.1) is 0 Å². The maximum atomic E-state index is 3.17. The van der Waals surface area contributed by atoms with E-state index in [0.29, 0.717) is 28.6 Å². The van der Waals surface area contributed by atoms with Crippen LogP contribution in [-0.2, 0) is 0 Å². The Morgan fingerprint density at radius 2 is 0.744 bits per heavy atom. The van der Waals surface area contributed by atoms with Gasteiger partial charge >= 0.3 is 0 Å². The van der Waals surface area contributed by atoms with Crippen molar-refractivity contribution in [3.05, 3.63) is 144 Å². The number of hydrogen-bond donors (Lipinski definition) is 0. The first-order valence-corrected chi connectivity index (χ1v) is 17.6. The third-order valence-corrected chi connectivity index (χ3v) is 15.9. The summed E-state index contributed by atoms with van der Waals surface area (Å²) in [6.45, 7) is 6.07. The average molecular weight is 550 g/mol. The molecule has 200 valence electrons. The minimum atomic E-state index is -0.403. The topological polar surface area (TPSA) is 3.24 Å². The Morgan fingerprint density at radius 3 is 0.974 bits per heavy atom. The van der Waals surface area contributed by atoms with Crippen LogP contribution in [0.3, 0.4) is 0 Å². The van der Waals surface area contributed by atoms with Gasteiger partial charge in [0.25, 0.3) is 0 Å². The second kappa shape index (κ2) is 12.5. The summed E-state index contributed by atoms with van der Waals surface area (Å²) in [7, 11) is -0.807. The van der Waals surface area contributed by atoms with E-state index in [1.54, 1.807) is 22.3 Å². The van der Waals surface area contributed by atoms with Crippen molar-refractivity contribution in [1.82, 2.24) is 4.44 Å². The van der Waals surface area contributed by atoms with Crippen LogP contribution in [0.1, 0.15) is 84.4 Å². The van der Waals surface area contributed by atoms with Crippen molar-refractivity contribution in [3.63, 3.8) is 0 Å². The molecule has 5 atom stereocenters. The van der Waals surface area contributed by atoms with Crippen LogP contribution in [-0.4, -0.2) is 11.0 Å². The van der Waals surface area contributed by atoms with Crippen LogP contribution in [0.5, 0.6) is 0 Å². The largest absolute Gasteiger partial charge is 0.257 e. The lowest BCUT2D eigenvalue weighted by atomic mass is 10.0. The zero-order chi connectivity index (χ0) is 26.6. The van der Waals surface area contributed by atoms with E-state index in [4.69, 9.17) is 0 Å². The Kier molecular flexibility index (Phi) is 8.60. The SMILES string of the molecule is CC(C)CN(P1C(c2ccccc2)CC[C@H]1c1ccccc1)P1[C@H](c2ccccc2)CC[C@H]1c1ccccc1. The van der Waals surface area contributed by atoms with Crippen LogP contribution >= 0.6 is 16.1 Å². The smallest absolute Gasteiger partial charge is 0.0183 e. The van der Waals surface area contributed by atoms with E-state index in [1.165, 1.54) is 32.2 Å². The molecule has 3 heteroatoms. The Balaban J connectivity index is 1.50. The van der Waals surface area contributed by atoms with Crippen molar-refractivity contribution in [2.75, 3.05) is 6.54 Å². The fraction of sp³-hybridized carbons (Fsp3) is 0.333. The summed E-state index contributed by atoms with van der Waals surface area (Å²) < 4.78 is 3.17. The lowest BCUT2D eigenvalue weighted by Crippen LogP contribution is -2.23. The molecule has 4 aromatic rings. The van der Waals surface area contributed by atoms with E-state index in [1.807, 2.05) is 0 Å². The summed E-state index contributed by atoms with van der Waals surface area (Å²) in [5.74, 6) is 0.636.